The third kappa shape index (κ3) is 4.22. The van der Waals surface area contributed by atoms with Crippen molar-refractivity contribution in [3.63, 3.8) is 0 Å². The van der Waals surface area contributed by atoms with Gasteiger partial charge in [-0.2, -0.15) is 0 Å². The van der Waals surface area contributed by atoms with Gasteiger partial charge in [0.1, 0.15) is 16.3 Å². The second kappa shape index (κ2) is 9.29. The molecule has 0 bridgehead atoms. The van der Waals surface area contributed by atoms with Crippen molar-refractivity contribution >= 4 is 38.7 Å². The van der Waals surface area contributed by atoms with Gasteiger partial charge in [-0.1, -0.05) is 53.3 Å². The highest BCUT2D eigenvalue weighted by molar-refractivity contribution is 7.89. The molecule has 0 aliphatic carbocycles. The molecule has 3 rings (SSSR count). The van der Waals surface area contributed by atoms with Gasteiger partial charge in [-0.05, 0) is 24.1 Å². The Labute approximate surface area is 189 Å². The number of nitrogens with zero attached hydrogens (tertiary/aromatic N) is 1. The number of anilines is 3. The van der Waals surface area contributed by atoms with E-state index in [2.05, 4.69) is 10.6 Å². The summed E-state index contributed by atoms with van der Waals surface area (Å²) in [4.78, 5) is 28.6. The first-order chi connectivity index (χ1) is 15.1. The first kappa shape index (κ1) is 23.7. The van der Waals surface area contributed by atoms with Crippen LogP contribution in [0, 0.1) is 0 Å². The van der Waals surface area contributed by atoms with Gasteiger partial charge in [0.2, 0.25) is 0 Å². The van der Waals surface area contributed by atoms with Gasteiger partial charge in [0.25, 0.3) is 20.9 Å². The quantitative estimate of drug-likeness (QED) is 0.243. The normalized spacial score (nSPS) is 12.8. The van der Waals surface area contributed by atoms with E-state index in [0.29, 0.717) is 10.9 Å². The largest absolute Gasteiger partial charge is 0.504 e. The molecule has 0 saturated carbocycles. The van der Waals surface area contributed by atoms with Crippen LogP contribution in [0.4, 0.5) is 17.1 Å². The molecular formula is C21H22ClN3O6S. The molecule has 0 heterocycles. The zero-order valence-corrected chi connectivity index (χ0v) is 19.1. The molecular weight excluding hydrogens is 458 g/mol. The van der Waals surface area contributed by atoms with Crippen LogP contribution in [0.3, 0.4) is 0 Å². The Morgan fingerprint density at radius 2 is 1.72 bits per heavy atom. The first-order valence-corrected chi connectivity index (χ1v) is 11.4. The van der Waals surface area contributed by atoms with E-state index < -0.39 is 31.5 Å². The van der Waals surface area contributed by atoms with Gasteiger partial charge in [0.05, 0.1) is 23.9 Å². The van der Waals surface area contributed by atoms with Crippen molar-refractivity contribution in [3.05, 3.63) is 73.5 Å². The predicted molar refractivity (Wildman–Crippen MR) is 123 cm³/mol. The number of phenolic OH excluding ortho intramolecular Hbond substituents is 1. The molecule has 0 saturated heterocycles. The van der Waals surface area contributed by atoms with Crippen molar-refractivity contribution in [2.45, 2.75) is 24.3 Å². The molecule has 3 aromatic rings. The van der Waals surface area contributed by atoms with E-state index in [1.807, 2.05) is 37.3 Å². The molecule has 0 aromatic heterocycles. The number of hydrogen-bond acceptors (Lipinski definition) is 8. The summed E-state index contributed by atoms with van der Waals surface area (Å²) in [5, 5.41) is 16.1. The number of benzene rings is 2. The van der Waals surface area contributed by atoms with Gasteiger partial charge < -0.3 is 15.7 Å². The Morgan fingerprint density at radius 1 is 1.09 bits per heavy atom. The fourth-order valence-electron chi connectivity index (χ4n) is 3.18. The lowest BCUT2D eigenvalue weighted by molar-refractivity contribution is -0.0259. The fraction of sp³-hybridized carbons (Fsp3) is 0.238. The van der Waals surface area contributed by atoms with Gasteiger partial charge in [-0.15, -0.1) is 0 Å². The number of aromatic hydroxyl groups is 1. The molecule has 0 spiro atoms. The van der Waals surface area contributed by atoms with Crippen molar-refractivity contribution in [1.29, 1.82) is 0 Å². The lowest BCUT2D eigenvalue weighted by Gasteiger charge is -2.23. The van der Waals surface area contributed by atoms with Gasteiger partial charge in [0.15, 0.2) is 5.75 Å². The molecule has 0 radical (unpaired) electrons. The van der Waals surface area contributed by atoms with E-state index in [9.17, 15) is 23.1 Å². The molecule has 0 aliphatic rings. The standard InChI is InChI=1S/C21H22ClN3O6S/c1-4-14(12-8-6-5-7-9-12)23-16-17(20(28)19(16)27)24-15-11-10-13(22)21(18(15)26)32(29,30)25(2)31-3/h5-11,14,23-24,26H,4H2,1-3H3. The smallest absolute Gasteiger partial charge is 0.269 e. The number of phenols is 1. The van der Waals surface area contributed by atoms with Gasteiger partial charge in [0, 0.05) is 7.05 Å². The van der Waals surface area contributed by atoms with Crippen LogP contribution in [0.5, 0.6) is 5.75 Å². The lowest BCUT2D eigenvalue weighted by Crippen LogP contribution is -2.37. The van der Waals surface area contributed by atoms with Gasteiger partial charge in [-0.25, -0.2) is 8.42 Å². The average Bonchev–Trinajstić information content (AvgIpc) is 2.79. The lowest BCUT2D eigenvalue weighted by atomic mass is 10.0. The van der Waals surface area contributed by atoms with Crippen LogP contribution in [0.15, 0.2) is 56.9 Å². The Hall–Kier alpha value is -2.92. The third-order valence-corrected chi connectivity index (χ3v) is 7.22. The van der Waals surface area contributed by atoms with E-state index in [0.717, 1.165) is 19.7 Å². The molecule has 1 atom stereocenters. The second-order valence-electron chi connectivity index (χ2n) is 6.92. The minimum atomic E-state index is -4.29. The molecule has 0 amide bonds. The highest BCUT2D eigenvalue weighted by Gasteiger charge is 2.31. The highest BCUT2D eigenvalue weighted by atomic mass is 35.5. The summed E-state index contributed by atoms with van der Waals surface area (Å²) < 4.78 is 25.8. The van der Waals surface area contributed by atoms with Crippen LogP contribution in [0.25, 0.3) is 0 Å². The van der Waals surface area contributed by atoms with Crippen LogP contribution < -0.4 is 21.5 Å². The molecule has 1 unspecified atom stereocenters. The van der Waals surface area contributed by atoms with Crippen LogP contribution in [-0.4, -0.2) is 32.2 Å². The van der Waals surface area contributed by atoms with E-state index >= 15 is 0 Å². The minimum Gasteiger partial charge on any atom is -0.504 e. The van der Waals surface area contributed by atoms with Crippen LogP contribution in [0.1, 0.15) is 24.9 Å². The molecule has 3 aromatic carbocycles. The summed E-state index contributed by atoms with van der Waals surface area (Å²) in [6.07, 6.45) is 0.639. The van der Waals surface area contributed by atoms with Crippen LogP contribution in [0.2, 0.25) is 5.02 Å². The number of sulfonamides is 1. The zero-order valence-electron chi connectivity index (χ0n) is 17.5. The van der Waals surface area contributed by atoms with E-state index in [1.165, 1.54) is 12.1 Å². The number of hydroxylamine groups is 1. The second-order valence-corrected chi connectivity index (χ2v) is 9.20. The van der Waals surface area contributed by atoms with E-state index in [1.54, 1.807) is 0 Å². The summed E-state index contributed by atoms with van der Waals surface area (Å²) in [7, 11) is -2.01. The highest BCUT2D eigenvalue weighted by Crippen LogP contribution is 2.40. The topological polar surface area (TPSA) is 125 Å². The number of nitrogens with one attached hydrogen (secondary N) is 2. The first-order valence-electron chi connectivity index (χ1n) is 9.59. The van der Waals surface area contributed by atoms with Crippen LogP contribution in [-0.2, 0) is 14.9 Å². The molecule has 9 nitrogen and oxygen atoms in total. The van der Waals surface area contributed by atoms with Crippen molar-refractivity contribution in [3.8, 4) is 5.75 Å². The van der Waals surface area contributed by atoms with Crippen molar-refractivity contribution in [2.75, 3.05) is 24.8 Å². The summed E-state index contributed by atoms with van der Waals surface area (Å²) >= 11 is 6.01. The maximum atomic E-state index is 12.6. The molecule has 0 fully saturated rings. The van der Waals surface area contributed by atoms with E-state index in [4.69, 9.17) is 16.4 Å². The number of hydrogen-bond donors (Lipinski definition) is 3. The summed E-state index contributed by atoms with van der Waals surface area (Å²) in [6.45, 7) is 1.93. The number of rotatable bonds is 9. The Morgan fingerprint density at radius 3 is 2.31 bits per heavy atom. The fourth-order valence-corrected chi connectivity index (χ4v) is 4.75. The summed E-state index contributed by atoms with van der Waals surface area (Å²) in [5.41, 5.74) is -0.700. The molecule has 0 aliphatic heterocycles. The van der Waals surface area contributed by atoms with Crippen molar-refractivity contribution in [1.82, 2.24) is 4.47 Å². The maximum Gasteiger partial charge on any atom is 0.269 e. The third-order valence-electron chi connectivity index (χ3n) is 5.04. The Bertz CT molecular complexity index is 1300. The monoisotopic (exact) mass is 479 g/mol. The molecule has 11 heteroatoms. The van der Waals surface area contributed by atoms with Crippen LogP contribution >= 0.6 is 11.6 Å². The maximum absolute atomic E-state index is 12.6. The number of halogens is 1. The SMILES string of the molecule is CCC(Nc1c(Nc2ccc(Cl)c(S(=O)(=O)N(C)OC)c2O)c(=O)c1=O)c1ccccc1. The molecule has 170 valence electrons. The summed E-state index contributed by atoms with van der Waals surface area (Å²) in [5.74, 6) is -0.713. The van der Waals surface area contributed by atoms with E-state index in [-0.39, 0.29) is 28.1 Å². The molecule has 32 heavy (non-hydrogen) atoms. The molecule has 3 N–H and O–H groups in total. The average molecular weight is 480 g/mol. The minimum absolute atomic E-state index is 0.0541. The van der Waals surface area contributed by atoms with Gasteiger partial charge in [-0.3, -0.25) is 14.4 Å². The Kier molecular flexibility index (Phi) is 6.89. The predicted octanol–water partition coefficient (Wildman–Crippen LogP) is 3.13. The Balaban J connectivity index is 1.98. The van der Waals surface area contributed by atoms with Crippen molar-refractivity contribution < 1.29 is 18.4 Å². The van der Waals surface area contributed by atoms with Gasteiger partial charge >= 0.3 is 0 Å². The summed E-state index contributed by atoms with van der Waals surface area (Å²) in [6, 6.07) is 11.7. The van der Waals surface area contributed by atoms with Crippen molar-refractivity contribution in [2.24, 2.45) is 0 Å². The zero-order chi connectivity index (χ0) is 23.6.